The van der Waals surface area contributed by atoms with Gasteiger partial charge in [-0.15, -0.1) is 0 Å². The molecule has 0 atom stereocenters. The standard InChI is InChI=1S/C23H30N2O3S/c1-17-9-10-18(2)22(15-17)25(29(3,27)28)16-19-11-13-20(14-12-19)23(26)24-21-7-5-4-6-8-21/h9-15,21H,4-8,16H2,1-3H3,(H,24,26). The van der Waals surface area contributed by atoms with Crippen molar-refractivity contribution in [1.82, 2.24) is 5.32 Å². The second-order valence-electron chi connectivity index (χ2n) is 8.06. The second kappa shape index (κ2) is 8.99. The highest BCUT2D eigenvalue weighted by molar-refractivity contribution is 7.92. The molecule has 1 aliphatic rings. The van der Waals surface area contributed by atoms with Crippen LogP contribution in [0.2, 0.25) is 0 Å². The molecule has 0 heterocycles. The highest BCUT2D eigenvalue weighted by atomic mass is 32.2. The maximum Gasteiger partial charge on any atom is 0.251 e. The van der Waals surface area contributed by atoms with Gasteiger partial charge in [0.05, 0.1) is 18.5 Å². The highest BCUT2D eigenvalue weighted by Gasteiger charge is 2.21. The summed E-state index contributed by atoms with van der Waals surface area (Å²) in [6.07, 6.45) is 6.90. The number of aryl methyl sites for hydroxylation is 2. The Balaban J connectivity index is 1.75. The third-order valence-electron chi connectivity index (χ3n) is 5.52. The Kier molecular flexibility index (Phi) is 6.63. The lowest BCUT2D eigenvalue weighted by molar-refractivity contribution is 0.0927. The van der Waals surface area contributed by atoms with Crippen molar-refractivity contribution < 1.29 is 13.2 Å². The SMILES string of the molecule is Cc1ccc(C)c(N(Cc2ccc(C(=O)NC3CCCCC3)cc2)S(C)(=O)=O)c1. The number of hydrogen-bond donors (Lipinski definition) is 1. The molecule has 3 rings (SSSR count). The molecule has 0 bridgehead atoms. The number of amides is 1. The topological polar surface area (TPSA) is 66.5 Å². The van der Waals surface area contributed by atoms with E-state index in [1.54, 1.807) is 12.1 Å². The number of anilines is 1. The van der Waals surface area contributed by atoms with Crippen molar-refractivity contribution in [3.63, 3.8) is 0 Å². The molecule has 2 aromatic carbocycles. The maximum absolute atomic E-state index is 12.5. The Bertz CT molecular complexity index is 962. The Morgan fingerprint density at radius 3 is 2.31 bits per heavy atom. The van der Waals surface area contributed by atoms with E-state index in [-0.39, 0.29) is 18.5 Å². The van der Waals surface area contributed by atoms with Crippen LogP contribution in [0.4, 0.5) is 5.69 Å². The number of carbonyl (C=O) groups excluding carboxylic acids is 1. The van der Waals surface area contributed by atoms with Crippen LogP contribution in [-0.4, -0.2) is 26.6 Å². The van der Waals surface area contributed by atoms with Crippen molar-refractivity contribution in [2.24, 2.45) is 0 Å². The Morgan fingerprint density at radius 1 is 1.03 bits per heavy atom. The van der Waals surface area contributed by atoms with E-state index >= 15 is 0 Å². The summed E-state index contributed by atoms with van der Waals surface area (Å²) < 4.78 is 26.3. The lowest BCUT2D eigenvalue weighted by Crippen LogP contribution is -2.36. The zero-order valence-electron chi connectivity index (χ0n) is 17.4. The Morgan fingerprint density at radius 2 is 1.69 bits per heavy atom. The number of rotatable bonds is 6. The molecular weight excluding hydrogens is 384 g/mol. The van der Waals surface area contributed by atoms with Crippen molar-refractivity contribution >= 4 is 21.6 Å². The van der Waals surface area contributed by atoms with E-state index in [1.807, 2.05) is 44.2 Å². The van der Waals surface area contributed by atoms with Crippen LogP contribution < -0.4 is 9.62 Å². The predicted molar refractivity (Wildman–Crippen MR) is 118 cm³/mol. The van der Waals surface area contributed by atoms with E-state index in [9.17, 15) is 13.2 Å². The van der Waals surface area contributed by atoms with Crippen LogP contribution >= 0.6 is 0 Å². The first kappa shape index (κ1) is 21.4. The van der Waals surface area contributed by atoms with Crippen LogP contribution in [0.15, 0.2) is 42.5 Å². The van der Waals surface area contributed by atoms with Gasteiger partial charge in [0, 0.05) is 11.6 Å². The fourth-order valence-electron chi connectivity index (χ4n) is 3.81. The minimum absolute atomic E-state index is 0.0575. The smallest absolute Gasteiger partial charge is 0.251 e. The zero-order chi connectivity index (χ0) is 21.0. The molecule has 1 N–H and O–H groups in total. The molecule has 5 nitrogen and oxygen atoms in total. The van der Waals surface area contributed by atoms with Gasteiger partial charge in [-0.1, -0.05) is 43.5 Å². The molecule has 0 saturated heterocycles. The summed E-state index contributed by atoms with van der Waals surface area (Å²) in [7, 11) is -3.45. The van der Waals surface area contributed by atoms with E-state index in [0.717, 1.165) is 29.5 Å². The summed E-state index contributed by atoms with van der Waals surface area (Å²) in [5.41, 5.74) is 4.05. The molecule has 0 unspecified atom stereocenters. The molecule has 1 fully saturated rings. The number of hydrogen-bond acceptors (Lipinski definition) is 3. The minimum atomic E-state index is -3.45. The monoisotopic (exact) mass is 414 g/mol. The molecule has 0 aliphatic heterocycles. The molecule has 0 aromatic heterocycles. The third kappa shape index (κ3) is 5.60. The zero-order valence-corrected chi connectivity index (χ0v) is 18.3. The number of sulfonamides is 1. The van der Waals surface area contributed by atoms with Crippen molar-refractivity contribution in [3.05, 3.63) is 64.7 Å². The molecule has 1 saturated carbocycles. The molecule has 6 heteroatoms. The molecule has 0 radical (unpaired) electrons. The third-order valence-corrected chi connectivity index (χ3v) is 6.64. The van der Waals surface area contributed by atoms with Crippen LogP contribution in [0.5, 0.6) is 0 Å². The lowest BCUT2D eigenvalue weighted by Gasteiger charge is -2.25. The largest absolute Gasteiger partial charge is 0.349 e. The van der Waals surface area contributed by atoms with Crippen LogP contribution in [-0.2, 0) is 16.6 Å². The van der Waals surface area contributed by atoms with E-state index in [0.29, 0.717) is 11.3 Å². The van der Waals surface area contributed by atoms with Gasteiger partial charge in [0.25, 0.3) is 5.91 Å². The fourth-order valence-corrected chi connectivity index (χ4v) is 4.75. The Labute approximate surface area is 174 Å². The van der Waals surface area contributed by atoms with Crippen molar-refractivity contribution in [2.45, 2.75) is 58.5 Å². The van der Waals surface area contributed by atoms with Gasteiger partial charge >= 0.3 is 0 Å². The lowest BCUT2D eigenvalue weighted by atomic mass is 9.95. The number of benzene rings is 2. The molecular formula is C23H30N2O3S. The van der Waals surface area contributed by atoms with Gasteiger partial charge in [-0.25, -0.2) is 8.42 Å². The molecule has 1 amide bonds. The molecule has 0 spiro atoms. The average molecular weight is 415 g/mol. The Hall–Kier alpha value is -2.34. The predicted octanol–water partition coefficient (Wildman–Crippen LogP) is 4.33. The van der Waals surface area contributed by atoms with Crippen LogP contribution in [0, 0.1) is 13.8 Å². The first-order valence-corrected chi connectivity index (χ1v) is 12.0. The van der Waals surface area contributed by atoms with Gasteiger partial charge in [0.15, 0.2) is 0 Å². The van der Waals surface area contributed by atoms with Gasteiger partial charge in [-0.05, 0) is 61.6 Å². The van der Waals surface area contributed by atoms with E-state index < -0.39 is 10.0 Å². The molecule has 1 aliphatic carbocycles. The van der Waals surface area contributed by atoms with Crippen LogP contribution in [0.3, 0.4) is 0 Å². The minimum Gasteiger partial charge on any atom is -0.349 e. The van der Waals surface area contributed by atoms with Gasteiger partial charge in [0.2, 0.25) is 10.0 Å². The van der Waals surface area contributed by atoms with Gasteiger partial charge in [-0.2, -0.15) is 0 Å². The van der Waals surface area contributed by atoms with Gasteiger partial charge < -0.3 is 5.32 Å². The maximum atomic E-state index is 12.5. The van der Waals surface area contributed by atoms with E-state index in [4.69, 9.17) is 0 Å². The first-order chi connectivity index (χ1) is 13.7. The quantitative estimate of drug-likeness (QED) is 0.765. The van der Waals surface area contributed by atoms with Gasteiger partial charge in [-0.3, -0.25) is 9.10 Å². The number of carbonyl (C=O) groups is 1. The average Bonchev–Trinajstić information content (AvgIpc) is 2.68. The summed E-state index contributed by atoms with van der Waals surface area (Å²) in [5, 5.41) is 3.11. The molecule has 2 aromatic rings. The van der Waals surface area contributed by atoms with Crippen molar-refractivity contribution in [1.29, 1.82) is 0 Å². The summed E-state index contributed by atoms with van der Waals surface area (Å²) in [5.74, 6) is -0.0575. The number of nitrogens with zero attached hydrogens (tertiary/aromatic N) is 1. The fraction of sp³-hybridized carbons (Fsp3) is 0.435. The summed E-state index contributed by atoms with van der Waals surface area (Å²) in [6, 6.07) is 13.3. The summed E-state index contributed by atoms with van der Waals surface area (Å²) >= 11 is 0. The van der Waals surface area contributed by atoms with Crippen molar-refractivity contribution in [3.8, 4) is 0 Å². The summed E-state index contributed by atoms with van der Waals surface area (Å²) in [6.45, 7) is 4.09. The van der Waals surface area contributed by atoms with Crippen LogP contribution in [0.25, 0.3) is 0 Å². The highest BCUT2D eigenvalue weighted by Crippen LogP contribution is 2.26. The summed E-state index contributed by atoms with van der Waals surface area (Å²) in [4.78, 5) is 12.5. The van der Waals surface area contributed by atoms with E-state index in [2.05, 4.69) is 5.32 Å². The first-order valence-electron chi connectivity index (χ1n) is 10.2. The molecule has 29 heavy (non-hydrogen) atoms. The second-order valence-corrected chi connectivity index (χ2v) is 9.97. The van der Waals surface area contributed by atoms with E-state index in [1.165, 1.54) is 29.8 Å². The van der Waals surface area contributed by atoms with Crippen LogP contribution in [0.1, 0.15) is 59.2 Å². The normalized spacial score (nSPS) is 15.1. The van der Waals surface area contributed by atoms with Gasteiger partial charge in [0.1, 0.15) is 0 Å². The number of nitrogens with one attached hydrogen (secondary N) is 1. The molecule has 156 valence electrons. The van der Waals surface area contributed by atoms with Crippen molar-refractivity contribution in [2.75, 3.05) is 10.6 Å².